The van der Waals surface area contributed by atoms with E-state index in [0.717, 1.165) is 31.3 Å². The van der Waals surface area contributed by atoms with Gasteiger partial charge in [0.05, 0.1) is 6.10 Å². The van der Waals surface area contributed by atoms with E-state index >= 15 is 0 Å². The van der Waals surface area contributed by atoms with Crippen molar-refractivity contribution in [1.82, 2.24) is 0 Å². The Kier molecular flexibility index (Phi) is 3.70. The second-order valence-corrected chi connectivity index (χ2v) is 8.81. The van der Waals surface area contributed by atoms with E-state index in [9.17, 15) is 15.0 Å². The number of fused-ring (bicyclic) bond motifs is 5. The molecule has 4 nitrogen and oxygen atoms in total. The molecule has 4 rings (SSSR count). The Bertz CT molecular complexity index is 690. The van der Waals surface area contributed by atoms with Gasteiger partial charge in [-0.05, 0) is 66.7 Å². The van der Waals surface area contributed by atoms with Gasteiger partial charge in [-0.3, -0.25) is 4.79 Å². The van der Waals surface area contributed by atoms with Crippen LogP contribution >= 0.6 is 0 Å². The highest BCUT2D eigenvalue weighted by Gasteiger charge is 2.60. The lowest BCUT2D eigenvalue weighted by Crippen LogP contribution is -2.54. The van der Waals surface area contributed by atoms with Gasteiger partial charge in [-0.2, -0.15) is 0 Å². The largest absolute Gasteiger partial charge is 0.508 e. The Morgan fingerprint density at radius 3 is 2.72 bits per heavy atom. The monoisotopic (exact) mass is 344 g/mol. The van der Waals surface area contributed by atoms with E-state index in [4.69, 9.17) is 4.74 Å². The molecule has 4 aliphatic rings. The van der Waals surface area contributed by atoms with Crippen molar-refractivity contribution in [3.05, 3.63) is 35.6 Å². The molecule has 0 saturated heterocycles. The SMILES string of the molecule is CC(=O)OC1C=C2C=C(O)C=C[C@]2(C)[C@@H]2CC[C@]3(C)C(O)CC[C@H]3[C@H]12. The van der Waals surface area contributed by atoms with Crippen LogP contribution in [0, 0.1) is 28.6 Å². The molecule has 2 N–H and O–H groups in total. The molecular formula is C21H28O4. The van der Waals surface area contributed by atoms with Gasteiger partial charge in [0.2, 0.25) is 0 Å². The summed E-state index contributed by atoms with van der Waals surface area (Å²) < 4.78 is 5.75. The number of ether oxygens (including phenoxy) is 1. The Morgan fingerprint density at radius 2 is 2.00 bits per heavy atom. The lowest BCUT2D eigenvalue weighted by atomic mass is 9.49. The Balaban J connectivity index is 1.81. The quantitative estimate of drug-likeness (QED) is 0.712. The minimum absolute atomic E-state index is 0.0857. The average Bonchev–Trinajstić information content (AvgIpc) is 2.84. The van der Waals surface area contributed by atoms with Crippen molar-refractivity contribution in [2.45, 2.75) is 58.7 Å². The van der Waals surface area contributed by atoms with Crippen LogP contribution in [0.5, 0.6) is 0 Å². The normalized spacial score (nSPS) is 47.9. The Labute approximate surface area is 149 Å². The van der Waals surface area contributed by atoms with Crippen molar-refractivity contribution in [1.29, 1.82) is 0 Å². The zero-order valence-electron chi connectivity index (χ0n) is 15.2. The fourth-order valence-corrected chi connectivity index (χ4v) is 6.20. The van der Waals surface area contributed by atoms with Gasteiger partial charge < -0.3 is 14.9 Å². The molecule has 4 heteroatoms. The van der Waals surface area contributed by atoms with E-state index < -0.39 is 0 Å². The molecule has 136 valence electrons. The van der Waals surface area contributed by atoms with Crippen LogP contribution in [0.15, 0.2) is 35.6 Å². The summed E-state index contributed by atoms with van der Waals surface area (Å²) in [6, 6.07) is 0. The van der Waals surface area contributed by atoms with Crippen LogP contribution in [0.25, 0.3) is 0 Å². The zero-order valence-corrected chi connectivity index (χ0v) is 15.2. The van der Waals surface area contributed by atoms with Gasteiger partial charge in [-0.15, -0.1) is 0 Å². The number of rotatable bonds is 1. The molecule has 0 heterocycles. The second kappa shape index (κ2) is 5.47. The first kappa shape index (κ1) is 16.9. The van der Waals surface area contributed by atoms with Gasteiger partial charge in [0.1, 0.15) is 11.9 Å². The first-order valence-corrected chi connectivity index (χ1v) is 9.43. The number of allylic oxidation sites excluding steroid dienone is 4. The van der Waals surface area contributed by atoms with Crippen LogP contribution in [-0.4, -0.2) is 28.4 Å². The van der Waals surface area contributed by atoms with Crippen LogP contribution in [0.2, 0.25) is 0 Å². The molecule has 0 aliphatic heterocycles. The maximum absolute atomic E-state index is 11.7. The van der Waals surface area contributed by atoms with Gasteiger partial charge in [-0.1, -0.05) is 19.9 Å². The summed E-state index contributed by atoms with van der Waals surface area (Å²) in [7, 11) is 0. The lowest BCUT2D eigenvalue weighted by molar-refractivity contribution is -0.156. The Morgan fingerprint density at radius 1 is 1.24 bits per heavy atom. The molecule has 7 atom stereocenters. The number of carbonyl (C=O) groups is 1. The van der Waals surface area contributed by atoms with Crippen LogP contribution in [0.4, 0.5) is 0 Å². The third-order valence-corrected chi connectivity index (χ3v) is 7.60. The van der Waals surface area contributed by atoms with Crippen LogP contribution in [0.3, 0.4) is 0 Å². The van der Waals surface area contributed by atoms with Gasteiger partial charge in [0, 0.05) is 18.3 Å². The molecule has 4 aliphatic carbocycles. The predicted octanol–water partition coefficient (Wildman–Crippen LogP) is 3.68. The fraction of sp³-hybridized carbons (Fsp3) is 0.667. The molecule has 2 saturated carbocycles. The van der Waals surface area contributed by atoms with Crippen LogP contribution < -0.4 is 0 Å². The summed E-state index contributed by atoms with van der Waals surface area (Å²) in [6.45, 7) is 5.90. The van der Waals surface area contributed by atoms with Gasteiger partial charge in [0.15, 0.2) is 0 Å². The highest BCUT2D eigenvalue weighted by Crippen LogP contribution is 2.63. The number of aliphatic hydroxyl groups excluding tert-OH is 2. The van der Waals surface area contributed by atoms with Crippen molar-refractivity contribution in [3.63, 3.8) is 0 Å². The minimum Gasteiger partial charge on any atom is -0.508 e. The molecule has 0 radical (unpaired) electrons. The third-order valence-electron chi connectivity index (χ3n) is 7.60. The molecule has 25 heavy (non-hydrogen) atoms. The summed E-state index contributed by atoms with van der Waals surface area (Å²) in [5.74, 6) is 0.899. The van der Waals surface area contributed by atoms with E-state index in [1.165, 1.54) is 6.92 Å². The maximum atomic E-state index is 11.7. The smallest absolute Gasteiger partial charge is 0.303 e. The number of hydrogen-bond donors (Lipinski definition) is 2. The third kappa shape index (κ3) is 2.33. The predicted molar refractivity (Wildman–Crippen MR) is 94.6 cm³/mol. The van der Waals surface area contributed by atoms with E-state index in [0.29, 0.717) is 11.8 Å². The average molecular weight is 344 g/mol. The summed E-state index contributed by atoms with van der Waals surface area (Å²) in [5, 5.41) is 20.5. The fourth-order valence-electron chi connectivity index (χ4n) is 6.20. The van der Waals surface area contributed by atoms with Gasteiger partial charge >= 0.3 is 5.97 Å². The van der Waals surface area contributed by atoms with Crippen molar-refractivity contribution < 1.29 is 19.7 Å². The Hall–Kier alpha value is -1.55. The van der Waals surface area contributed by atoms with E-state index in [-0.39, 0.29) is 40.7 Å². The number of aliphatic hydroxyl groups is 2. The second-order valence-electron chi connectivity index (χ2n) is 8.81. The first-order chi connectivity index (χ1) is 11.8. The summed E-state index contributed by atoms with van der Waals surface area (Å²) >= 11 is 0. The molecule has 0 spiro atoms. The van der Waals surface area contributed by atoms with E-state index in [1.807, 2.05) is 12.2 Å². The summed E-state index contributed by atoms with van der Waals surface area (Å²) in [4.78, 5) is 11.7. The molecule has 2 fully saturated rings. The molecule has 0 aromatic carbocycles. The van der Waals surface area contributed by atoms with Crippen molar-refractivity contribution in [2.24, 2.45) is 28.6 Å². The topological polar surface area (TPSA) is 66.8 Å². The molecule has 0 aromatic rings. The molecule has 0 aromatic heterocycles. The standard InChI is InChI=1S/C21H28O4/c1-12(22)25-17-11-13-10-14(23)6-8-20(13,2)16-7-9-21(3)15(19(16)17)4-5-18(21)24/h6,8,10-11,15-19,23-24H,4-5,7,9H2,1-3H3/t15-,16+,17?,18?,19-,20-,21-/m0/s1. The minimum atomic E-state index is -0.281. The highest BCUT2D eigenvalue weighted by atomic mass is 16.5. The van der Waals surface area contributed by atoms with Gasteiger partial charge in [-0.25, -0.2) is 0 Å². The molecular weight excluding hydrogens is 316 g/mol. The van der Waals surface area contributed by atoms with Crippen LogP contribution in [0.1, 0.15) is 46.5 Å². The summed E-state index contributed by atoms with van der Waals surface area (Å²) in [5.41, 5.74) is 0.808. The van der Waals surface area contributed by atoms with Crippen molar-refractivity contribution >= 4 is 5.97 Å². The van der Waals surface area contributed by atoms with Crippen molar-refractivity contribution in [3.8, 4) is 0 Å². The number of hydrogen-bond acceptors (Lipinski definition) is 4. The summed E-state index contributed by atoms with van der Waals surface area (Å²) in [6.07, 6.45) is 11.0. The van der Waals surface area contributed by atoms with Gasteiger partial charge in [0.25, 0.3) is 0 Å². The molecule has 0 amide bonds. The highest BCUT2D eigenvalue weighted by molar-refractivity contribution is 5.66. The lowest BCUT2D eigenvalue weighted by Gasteiger charge is -2.56. The molecule has 2 unspecified atom stereocenters. The number of carbonyl (C=O) groups excluding carboxylic acids is 1. The van der Waals surface area contributed by atoms with E-state index in [1.54, 1.807) is 6.08 Å². The van der Waals surface area contributed by atoms with Crippen molar-refractivity contribution in [2.75, 3.05) is 0 Å². The van der Waals surface area contributed by atoms with E-state index in [2.05, 4.69) is 19.9 Å². The first-order valence-electron chi connectivity index (χ1n) is 9.43. The molecule has 0 bridgehead atoms. The zero-order chi connectivity index (χ0) is 18.0. The van der Waals surface area contributed by atoms with Crippen LogP contribution in [-0.2, 0) is 9.53 Å². The number of esters is 1. The maximum Gasteiger partial charge on any atom is 0.303 e.